The van der Waals surface area contributed by atoms with Gasteiger partial charge >= 0.3 is 0 Å². The van der Waals surface area contributed by atoms with Crippen LogP contribution in [0.15, 0.2) is 48.7 Å². The maximum atomic E-state index is 12.2. The van der Waals surface area contributed by atoms with Crippen LogP contribution >= 0.6 is 0 Å². The van der Waals surface area contributed by atoms with Gasteiger partial charge in [-0.3, -0.25) is 9.78 Å². The Morgan fingerprint density at radius 2 is 1.87 bits per heavy atom. The molecule has 158 valence electrons. The SMILES string of the molecule is Cc1ccc2c(c1)nc(N)c1ncc(CCc3ccc(C(=O)CCCO)cc3C)cc12. The molecule has 31 heavy (non-hydrogen) atoms. The number of carbonyl (C=O) groups is 1. The van der Waals surface area contributed by atoms with Crippen molar-refractivity contribution >= 4 is 33.4 Å². The van der Waals surface area contributed by atoms with Crippen LogP contribution < -0.4 is 5.73 Å². The Bertz CT molecular complexity index is 1280. The van der Waals surface area contributed by atoms with Crippen molar-refractivity contribution < 1.29 is 9.90 Å². The third-order valence-electron chi connectivity index (χ3n) is 5.78. The molecule has 4 aromatic rings. The van der Waals surface area contributed by atoms with Gasteiger partial charge in [0.2, 0.25) is 0 Å². The number of nitrogens with two attached hydrogens (primary N) is 1. The highest BCUT2D eigenvalue weighted by Gasteiger charge is 2.11. The average Bonchev–Trinajstić information content (AvgIpc) is 2.76. The van der Waals surface area contributed by atoms with Crippen LogP contribution in [0.4, 0.5) is 5.82 Å². The van der Waals surface area contributed by atoms with Crippen LogP contribution in [0.2, 0.25) is 0 Å². The van der Waals surface area contributed by atoms with Crippen molar-refractivity contribution in [2.75, 3.05) is 12.3 Å². The van der Waals surface area contributed by atoms with Gasteiger partial charge in [0.15, 0.2) is 11.6 Å². The molecule has 2 aromatic carbocycles. The maximum Gasteiger partial charge on any atom is 0.162 e. The van der Waals surface area contributed by atoms with E-state index in [1.54, 1.807) is 0 Å². The summed E-state index contributed by atoms with van der Waals surface area (Å²) in [5, 5.41) is 11.0. The number of hydrogen-bond acceptors (Lipinski definition) is 5. The number of aliphatic hydroxyl groups excluding tert-OH is 1. The summed E-state index contributed by atoms with van der Waals surface area (Å²) >= 11 is 0. The fourth-order valence-corrected chi connectivity index (χ4v) is 4.01. The van der Waals surface area contributed by atoms with Crippen LogP contribution in [0.25, 0.3) is 21.8 Å². The number of fused-ring (bicyclic) bond motifs is 3. The minimum atomic E-state index is 0.0409. The standard InChI is InChI=1S/C26H27N3O2/c1-16-5-10-21-22-14-18(15-28-25(22)26(27)29-23(21)12-16)6-7-19-8-9-20(13-17(19)2)24(31)4-3-11-30/h5,8-10,12-15,30H,3-4,6-7,11H2,1-2H3,(H2,27,29). The van der Waals surface area contributed by atoms with Crippen LogP contribution in [-0.2, 0) is 12.8 Å². The van der Waals surface area contributed by atoms with Gasteiger partial charge in [-0.2, -0.15) is 0 Å². The number of hydrogen-bond donors (Lipinski definition) is 2. The number of carbonyl (C=O) groups excluding carboxylic acids is 1. The summed E-state index contributed by atoms with van der Waals surface area (Å²) in [4.78, 5) is 21.3. The van der Waals surface area contributed by atoms with Gasteiger partial charge in [0.25, 0.3) is 0 Å². The van der Waals surface area contributed by atoms with E-state index in [1.165, 1.54) is 5.56 Å². The normalized spacial score (nSPS) is 11.3. The lowest BCUT2D eigenvalue weighted by molar-refractivity contribution is 0.0971. The van der Waals surface area contributed by atoms with Crippen molar-refractivity contribution in [1.82, 2.24) is 9.97 Å². The van der Waals surface area contributed by atoms with Crippen molar-refractivity contribution in [1.29, 1.82) is 0 Å². The van der Waals surface area contributed by atoms with E-state index in [0.717, 1.165) is 51.3 Å². The summed E-state index contributed by atoms with van der Waals surface area (Å²) in [5.41, 5.74) is 13.1. The van der Waals surface area contributed by atoms with Crippen molar-refractivity contribution in [3.05, 3.63) is 76.5 Å². The van der Waals surface area contributed by atoms with Gasteiger partial charge < -0.3 is 10.8 Å². The second kappa shape index (κ2) is 8.82. The highest BCUT2D eigenvalue weighted by Crippen LogP contribution is 2.28. The number of ketones is 1. The van der Waals surface area contributed by atoms with Gasteiger partial charge in [-0.05, 0) is 73.6 Å². The quantitative estimate of drug-likeness (QED) is 0.338. The van der Waals surface area contributed by atoms with Crippen LogP contribution in [0, 0.1) is 13.8 Å². The van der Waals surface area contributed by atoms with Crippen molar-refractivity contribution in [2.24, 2.45) is 0 Å². The smallest absolute Gasteiger partial charge is 0.162 e. The van der Waals surface area contributed by atoms with Gasteiger partial charge in [0.1, 0.15) is 5.52 Å². The van der Waals surface area contributed by atoms with Gasteiger partial charge in [0, 0.05) is 35.6 Å². The first-order chi connectivity index (χ1) is 15.0. The summed E-state index contributed by atoms with van der Waals surface area (Å²) in [6.07, 6.45) is 4.47. The van der Waals surface area contributed by atoms with E-state index in [2.05, 4.69) is 28.2 Å². The lowest BCUT2D eigenvalue weighted by Gasteiger charge is -2.10. The van der Waals surface area contributed by atoms with Crippen molar-refractivity contribution in [2.45, 2.75) is 39.5 Å². The Morgan fingerprint density at radius 1 is 1.03 bits per heavy atom. The van der Waals surface area contributed by atoms with Gasteiger partial charge in [-0.15, -0.1) is 0 Å². The fraction of sp³-hybridized carbons (Fsp3) is 0.269. The lowest BCUT2D eigenvalue weighted by atomic mass is 9.96. The van der Waals surface area contributed by atoms with E-state index in [0.29, 0.717) is 24.2 Å². The molecule has 4 rings (SSSR count). The molecule has 0 amide bonds. The third-order valence-corrected chi connectivity index (χ3v) is 5.78. The van der Waals surface area contributed by atoms with E-state index >= 15 is 0 Å². The molecule has 0 saturated carbocycles. The highest BCUT2D eigenvalue weighted by atomic mass is 16.3. The number of nitrogen functional groups attached to an aromatic ring is 1. The van der Waals surface area contributed by atoms with Crippen molar-refractivity contribution in [3.8, 4) is 0 Å². The predicted molar refractivity (Wildman–Crippen MR) is 125 cm³/mol. The Hall–Kier alpha value is -3.31. The number of aromatic nitrogens is 2. The van der Waals surface area contributed by atoms with E-state index in [9.17, 15) is 4.79 Å². The summed E-state index contributed by atoms with van der Waals surface area (Å²) in [5.74, 6) is 0.535. The second-order valence-electron chi connectivity index (χ2n) is 8.15. The molecule has 5 heteroatoms. The summed E-state index contributed by atoms with van der Waals surface area (Å²) in [7, 11) is 0. The van der Waals surface area contributed by atoms with E-state index in [1.807, 2.05) is 44.3 Å². The van der Waals surface area contributed by atoms with E-state index in [4.69, 9.17) is 10.8 Å². The second-order valence-corrected chi connectivity index (χ2v) is 8.15. The van der Waals surface area contributed by atoms with E-state index in [-0.39, 0.29) is 12.4 Å². The molecule has 0 fully saturated rings. The van der Waals surface area contributed by atoms with Crippen LogP contribution in [0.3, 0.4) is 0 Å². The van der Waals surface area contributed by atoms with Crippen LogP contribution in [-0.4, -0.2) is 27.5 Å². The van der Waals surface area contributed by atoms with Gasteiger partial charge in [-0.1, -0.05) is 24.3 Å². The molecular weight excluding hydrogens is 386 g/mol. The zero-order valence-corrected chi connectivity index (χ0v) is 18.0. The molecule has 2 heterocycles. The first-order valence-corrected chi connectivity index (χ1v) is 10.6. The molecule has 2 aromatic heterocycles. The molecule has 0 atom stereocenters. The minimum absolute atomic E-state index is 0.0409. The molecule has 0 radical (unpaired) electrons. The van der Waals surface area contributed by atoms with Crippen molar-refractivity contribution in [3.63, 3.8) is 0 Å². The molecular formula is C26H27N3O2. The number of pyridine rings is 2. The molecule has 0 aliphatic rings. The first-order valence-electron chi connectivity index (χ1n) is 10.6. The fourth-order valence-electron chi connectivity index (χ4n) is 4.01. The van der Waals surface area contributed by atoms with Gasteiger partial charge in [-0.25, -0.2) is 4.98 Å². The van der Waals surface area contributed by atoms with Gasteiger partial charge in [0.05, 0.1) is 5.52 Å². The minimum Gasteiger partial charge on any atom is -0.396 e. The number of aryl methyl sites for hydroxylation is 4. The Kier molecular flexibility index (Phi) is 5.96. The molecule has 0 bridgehead atoms. The molecule has 3 N–H and O–H groups in total. The number of aliphatic hydroxyl groups is 1. The predicted octanol–water partition coefficient (Wildman–Crippen LogP) is 4.72. The lowest BCUT2D eigenvalue weighted by Crippen LogP contribution is -2.03. The Balaban J connectivity index is 1.58. The molecule has 0 saturated heterocycles. The molecule has 5 nitrogen and oxygen atoms in total. The Labute approximate surface area is 182 Å². The molecule has 0 spiro atoms. The number of benzene rings is 2. The molecule has 0 unspecified atom stereocenters. The first kappa shape index (κ1) is 20.9. The topological polar surface area (TPSA) is 89.1 Å². The molecule has 0 aliphatic heterocycles. The largest absolute Gasteiger partial charge is 0.396 e. The monoisotopic (exact) mass is 413 g/mol. The average molecular weight is 414 g/mol. The summed E-state index contributed by atoms with van der Waals surface area (Å²) < 4.78 is 0. The molecule has 0 aliphatic carbocycles. The number of anilines is 1. The number of rotatable bonds is 7. The Morgan fingerprint density at radius 3 is 2.65 bits per heavy atom. The maximum absolute atomic E-state index is 12.2. The zero-order chi connectivity index (χ0) is 22.0. The zero-order valence-electron chi connectivity index (χ0n) is 18.0. The summed E-state index contributed by atoms with van der Waals surface area (Å²) in [6.45, 7) is 4.13. The van der Waals surface area contributed by atoms with E-state index < -0.39 is 0 Å². The van der Waals surface area contributed by atoms with Crippen LogP contribution in [0.1, 0.15) is 45.5 Å². The third kappa shape index (κ3) is 4.42. The van der Waals surface area contributed by atoms with Crippen LogP contribution in [0.5, 0.6) is 0 Å². The summed E-state index contributed by atoms with van der Waals surface area (Å²) in [6, 6.07) is 14.3. The number of nitrogens with zero attached hydrogens (tertiary/aromatic N) is 2. The number of Topliss-reactive ketones (excluding diaryl/α,β-unsaturated/α-hetero) is 1. The highest BCUT2D eigenvalue weighted by molar-refractivity contribution is 6.08.